The molecule has 0 aliphatic carbocycles. The van der Waals surface area contributed by atoms with Crippen molar-refractivity contribution >= 4 is 52.2 Å². The molecule has 0 radical (unpaired) electrons. The number of hydrogen-bond acceptors (Lipinski definition) is 6. The van der Waals surface area contributed by atoms with Crippen molar-refractivity contribution in [2.75, 3.05) is 12.4 Å². The van der Waals surface area contributed by atoms with E-state index in [1.54, 1.807) is 41.8 Å². The van der Waals surface area contributed by atoms with Gasteiger partial charge in [0.15, 0.2) is 16.3 Å². The minimum absolute atomic E-state index is 0.268. The molecule has 1 aliphatic heterocycles. The van der Waals surface area contributed by atoms with Crippen LogP contribution in [-0.4, -0.2) is 17.6 Å². The summed E-state index contributed by atoms with van der Waals surface area (Å²) in [4.78, 5) is 32.9. The number of nitrogens with zero attached hydrogens (tertiary/aromatic N) is 2. The van der Waals surface area contributed by atoms with Crippen molar-refractivity contribution in [2.45, 2.75) is 19.6 Å². The molecule has 10 heteroatoms. The fourth-order valence-electron chi connectivity index (χ4n) is 5.13. The molecule has 1 amide bonds. The SMILES string of the molecule is COc1cc(/C=c2\sc3n(c2=O)[C@H](c2ccccc2)C(C(=O)Nc2ccccc2)=C(C)N=3)cc(Cl)c1OCc1ccc(Cl)cc1. The van der Waals surface area contributed by atoms with Crippen LogP contribution in [0.25, 0.3) is 6.08 Å². The number of aromatic nitrogens is 1. The average molecular weight is 657 g/mol. The van der Waals surface area contributed by atoms with Gasteiger partial charge in [0.2, 0.25) is 0 Å². The molecule has 0 spiro atoms. The molecule has 7 nitrogen and oxygen atoms in total. The number of amides is 1. The molecule has 0 saturated carbocycles. The fourth-order valence-corrected chi connectivity index (χ4v) is 6.58. The molecule has 45 heavy (non-hydrogen) atoms. The van der Waals surface area contributed by atoms with Crippen LogP contribution < -0.4 is 29.7 Å². The Balaban J connectivity index is 1.39. The van der Waals surface area contributed by atoms with Gasteiger partial charge in [-0.05, 0) is 66.1 Å². The maximum Gasteiger partial charge on any atom is 0.271 e. The quantitative estimate of drug-likeness (QED) is 0.200. The van der Waals surface area contributed by atoms with E-state index in [1.165, 1.54) is 18.4 Å². The van der Waals surface area contributed by atoms with Crippen molar-refractivity contribution in [3.63, 3.8) is 0 Å². The summed E-state index contributed by atoms with van der Waals surface area (Å²) in [6.45, 7) is 2.06. The number of halogens is 2. The number of carbonyl (C=O) groups excluding carboxylic acids is 1. The van der Waals surface area contributed by atoms with Crippen LogP contribution in [0, 0.1) is 0 Å². The minimum Gasteiger partial charge on any atom is -0.493 e. The maximum absolute atomic E-state index is 14.1. The zero-order valence-corrected chi connectivity index (χ0v) is 26.6. The second kappa shape index (κ2) is 13.2. The van der Waals surface area contributed by atoms with E-state index >= 15 is 0 Å². The average Bonchev–Trinajstić information content (AvgIpc) is 3.34. The van der Waals surface area contributed by atoms with Gasteiger partial charge in [0, 0.05) is 10.7 Å². The third kappa shape index (κ3) is 6.44. The summed E-state index contributed by atoms with van der Waals surface area (Å²) in [5.41, 5.74) is 3.68. The highest BCUT2D eigenvalue weighted by Crippen LogP contribution is 2.37. The molecule has 1 N–H and O–H groups in total. The highest BCUT2D eigenvalue weighted by Gasteiger charge is 2.32. The Morgan fingerprint density at radius 1 is 1.00 bits per heavy atom. The number of nitrogens with one attached hydrogen (secondary N) is 1. The number of rotatable bonds is 8. The van der Waals surface area contributed by atoms with Crippen LogP contribution in [0.1, 0.15) is 29.7 Å². The van der Waals surface area contributed by atoms with E-state index in [1.807, 2.05) is 72.8 Å². The van der Waals surface area contributed by atoms with E-state index in [-0.39, 0.29) is 18.1 Å². The van der Waals surface area contributed by atoms with Crippen LogP contribution >= 0.6 is 34.5 Å². The van der Waals surface area contributed by atoms with E-state index in [2.05, 4.69) is 5.32 Å². The van der Waals surface area contributed by atoms with Crippen LogP contribution in [0.4, 0.5) is 5.69 Å². The Morgan fingerprint density at radius 3 is 2.38 bits per heavy atom. The number of para-hydroxylation sites is 1. The lowest BCUT2D eigenvalue weighted by molar-refractivity contribution is -0.113. The molecule has 4 aromatic carbocycles. The normalized spacial score (nSPS) is 14.5. The Morgan fingerprint density at radius 2 is 1.69 bits per heavy atom. The van der Waals surface area contributed by atoms with E-state index in [4.69, 9.17) is 37.7 Å². The number of benzene rings is 4. The van der Waals surface area contributed by atoms with Gasteiger partial charge in [-0.25, -0.2) is 4.99 Å². The Labute approximate surface area is 273 Å². The molecule has 6 rings (SSSR count). The predicted molar refractivity (Wildman–Crippen MR) is 179 cm³/mol. The summed E-state index contributed by atoms with van der Waals surface area (Å²) in [6, 6.07) is 28.8. The molecule has 1 atom stereocenters. The van der Waals surface area contributed by atoms with Gasteiger partial charge in [-0.2, -0.15) is 0 Å². The summed E-state index contributed by atoms with van der Waals surface area (Å²) in [5.74, 6) is 0.492. The molecular formula is C35H27Cl2N3O4S. The first kappa shape index (κ1) is 30.4. The van der Waals surface area contributed by atoms with Crippen LogP contribution in [-0.2, 0) is 11.4 Å². The molecule has 0 unspecified atom stereocenters. The monoisotopic (exact) mass is 655 g/mol. The van der Waals surface area contributed by atoms with Crippen LogP contribution in [0.3, 0.4) is 0 Å². The molecule has 226 valence electrons. The van der Waals surface area contributed by atoms with Gasteiger partial charge < -0.3 is 14.8 Å². The molecule has 1 aromatic heterocycles. The maximum atomic E-state index is 14.1. The van der Waals surface area contributed by atoms with E-state index < -0.39 is 6.04 Å². The molecule has 0 fully saturated rings. The number of ether oxygens (including phenoxy) is 2. The number of hydrogen-bond donors (Lipinski definition) is 1. The molecular weight excluding hydrogens is 629 g/mol. The first-order valence-corrected chi connectivity index (χ1v) is 15.6. The zero-order valence-electron chi connectivity index (χ0n) is 24.3. The minimum atomic E-state index is -0.671. The first-order valence-electron chi connectivity index (χ1n) is 14.0. The third-order valence-electron chi connectivity index (χ3n) is 7.26. The summed E-state index contributed by atoms with van der Waals surface area (Å²) in [7, 11) is 1.53. The second-order valence-electron chi connectivity index (χ2n) is 10.3. The van der Waals surface area contributed by atoms with Gasteiger partial charge in [0.25, 0.3) is 11.5 Å². The van der Waals surface area contributed by atoms with Gasteiger partial charge in [-0.1, -0.05) is 95.2 Å². The van der Waals surface area contributed by atoms with Gasteiger partial charge in [-0.3, -0.25) is 14.2 Å². The first-order chi connectivity index (χ1) is 21.8. The van der Waals surface area contributed by atoms with Crippen LogP contribution in [0.15, 0.2) is 118 Å². The Kier molecular flexibility index (Phi) is 8.89. The lowest BCUT2D eigenvalue weighted by Crippen LogP contribution is -2.40. The van der Waals surface area contributed by atoms with Crippen molar-refractivity contribution in [3.05, 3.63) is 155 Å². The number of thiazole rings is 1. The molecule has 2 heterocycles. The number of fused-ring (bicyclic) bond motifs is 1. The van der Waals surface area contributed by atoms with Gasteiger partial charge in [0.1, 0.15) is 6.61 Å². The van der Waals surface area contributed by atoms with Crippen molar-refractivity contribution in [3.8, 4) is 11.5 Å². The Hall–Kier alpha value is -4.63. The molecule has 0 bridgehead atoms. The van der Waals surface area contributed by atoms with Crippen molar-refractivity contribution < 1.29 is 14.3 Å². The molecule has 5 aromatic rings. The smallest absolute Gasteiger partial charge is 0.271 e. The molecule has 0 saturated heterocycles. The summed E-state index contributed by atoms with van der Waals surface area (Å²) < 4.78 is 13.6. The van der Waals surface area contributed by atoms with Gasteiger partial charge in [0.05, 0.1) is 34.0 Å². The van der Waals surface area contributed by atoms with E-state index in [0.29, 0.717) is 53.4 Å². The van der Waals surface area contributed by atoms with Crippen LogP contribution in [0.2, 0.25) is 10.0 Å². The van der Waals surface area contributed by atoms with E-state index in [0.717, 1.165) is 11.1 Å². The third-order valence-corrected chi connectivity index (χ3v) is 8.77. The topological polar surface area (TPSA) is 81.9 Å². The summed E-state index contributed by atoms with van der Waals surface area (Å²) in [6.07, 6.45) is 1.74. The standard InChI is InChI=1S/C35H27Cl2N3O4S/c1-21-30(33(41)39-26-11-7-4-8-12-26)31(24-9-5-3-6-10-24)40-34(42)29(45-35(40)38-21)19-23-17-27(37)32(28(18-23)43-2)44-20-22-13-15-25(36)16-14-22/h3-19,31H,20H2,1-2H3,(H,39,41)/b29-19-/t31-/m1/s1. The highest BCUT2D eigenvalue weighted by atomic mass is 35.5. The van der Waals surface area contributed by atoms with Gasteiger partial charge in [-0.15, -0.1) is 0 Å². The van der Waals surface area contributed by atoms with Gasteiger partial charge >= 0.3 is 0 Å². The zero-order chi connectivity index (χ0) is 31.5. The second-order valence-corrected chi connectivity index (χ2v) is 12.1. The van der Waals surface area contributed by atoms with Crippen molar-refractivity contribution in [2.24, 2.45) is 4.99 Å². The van der Waals surface area contributed by atoms with Crippen LogP contribution in [0.5, 0.6) is 11.5 Å². The number of anilines is 1. The van der Waals surface area contributed by atoms with Crippen molar-refractivity contribution in [1.82, 2.24) is 4.57 Å². The lowest BCUT2D eigenvalue weighted by Gasteiger charge is -2.25. The van der Waals surface area contributed by atoms with Crippen molar-refractivity contribution in [1.29, 1.82) is 0 Å². The fraction of sp³-hybridized carbons (Fsp3) is 0.114. The molecule has 1 aliphatic rings. The predicted octanol–water partition coefficient (Wildman–Crippen LogP) is 6.77. The Bertz CT molecular complexity index is 2090. The number of allylic oxidation sites excluding steroid dienone is 1. The summed E-state index contributed by atoms with van der Waals surface area (Å²) in [5, 5.41) is 3.94. The number of carbonyl (C=O) groups is 1. The summed E-state index contributed by atoms with van der Waals surface area (Å²) >= 11 is 13.9. The highest BCUT2D eigenvalue weighted by molar-refractivity contribution is 7.07. The largest absolute Gasteiger partial charge is 0.493 e. The van der Waals surface area contributed by atoms with E-state index in [9.17, 15) is 9.59 Å². The lowest BCUT2D eigenvalue weighted by atomic mass is 9.95. The number of methoxy groups -OCH3 is 1.